The zero-order chi connectivity index (χ0) is 36.3. The molecule has 0 aliphatic carbocycles. The van der Waals surface area contributed by atoms with Gasteiger partial charge in [-0.05, 0) is 94.4 Å². The minimum absolute atomic E-state index is 0.870. The van der Waals surface area contributed by atoms with Crippen LogP contribution in [0.5, 0.6) is 0 Å². The van der Waals surface area contributed by atoms with E-state index in [2.05, 4.69) is 204 Å². The summed E-state index contributed by atoms with van der Waals surface area (Å²) in [7, 11) is 0. The number of benzene rings is 9. The Hall–Kier alpha value is -7.36. The molecule has 0 bridgehead atoms. The molecule has 55 heavy (non-hydrogen) atoms. The Morgan fingerprint density at radius 3 is 1.87 bits per heavy atom. The van der Waals surface area contributed by atoms with Gasteiger partial charge in [0.1, 0.15) is 11.2 Å². The monoisotopic (exact) mass is 702 g/mol. The average molecular weight is 703 g/mol. The summed E-state index contributed by atoms with van der Waals surface area (Å²) in [5, 5.41) is 7.16. The quantitative estimate of drug-likeness (QED) is 0.172. The van der Waals surface area contributed by atoms with Crippen LogP contribution in [0.3, 0.4) is 0 Å². The fourth-order valence-corrected chi connectivity index (χ4v) is 8.44. The van der Waals surface area contributed by atoms with E-state index in [9.17, 15) is 0 Å². The average Bonchev–Trinajstić information content (AvgIpc) is 3.81. The molecule has 0 unspecified atom stereocenters. The van der Waals surface area contributed by atoms with E-state index in [4.69, 9.17) is 4.42 Å². The van der Waals surface area contributed by atoms with Crippen molar-refractivity contribution in [2.45, 2.75) is 0 Å². The third-order valence-electron chi connectivity index (χ3n) is 11.0. The zero-order valence-corrected chi connectivity index (χ0v) is 29.9. The van der Waals surface area contributed by atoms with Crippen LogP contribution in [0.25, 0.3) is 82.5 Å². The van der Waals surface area contributed by atoms with Crippen molar-refractivity contribution in [2.75, 3.05) is 4.90 Å². The minimum atomic E-state index is 0.870. The van der Waals surface area contributed by atoms with Crippen LogP contribution in [0, 0.1) is 0 Å². The Bertz CT molecular complexity index is 3190. The largest absolute Gasteiger partial charge is 0.456 e. The molecule has 0 fully saturated rings. The van der Waals surface area contributed by atoms with Gasteiger partial charge < -0.3 is 13.9 Å². The Labute approximate surface area is 318 Å². The third-order valence-corrected chi connectivity index (χ3v) is 11.0. The predicted molar refractivity (Wildman–Crippen MR) is 231 cm³/mol. The number of furan rings is 1. The second-order valence-corrected chi connectivity index (χ2v) is 14.1. The molecule has 0 N–H and O–H groups in total. The van der Waals surface area contributed by atoms with Crippen LogP contribution < -0.4 is 4.90 Å². The fraction of sp³-hybridized carbons (Fsp3) is 0. The van der Waals surface area contributed by atoms with E-state index in [1.54, 1.807) is 0 Å². The number of fused-ring (bicyclic) bond motifs is 8. The van der Waals surface area contributed by atoms with E-state index in [1.165, 1.54) is 49.3 Å². The Morgan fingerprint density at radius 2 is 1.02 bits per heavy atom. The smallest absolute Gasteiger partial charge is 0.137 e. The van der Waals surface area contributed by atoms with Crippen molar-refractivity contribution in [3.8, 4) is 27.9 Å². The highest BCUT2D eigenvalue weighted by Crippen LogP contribution is 2.44. The van der Waals surface area contributed by atoms with E-state index in [1.807, 2.05) is 12.1 Å². The molecule has 0 atom stereocenters. The van der Waals surface area contributed by atoms with Crippen molar-refractivity contribution in [3.63, 3.8) is 0 Å². The Kier molecular flexibility index (Phi) is 7.17. The topological polar surface area (TPSA) is 21.3 Å². The maximum absolute atomic E-state index is 6.38. The molecule has 11 rings (SSSR count). The number of rotatable bonds is 6. The van der Waals surface area contributed by atoms with Gasteiger partial charge in [-0.15, -0.1) is 0 Å². The van der Waals surface area contributed by atoms with Crippen molar-refractivity contribution in [1.29, 1.82) is 0 Å². The standard InChI is InChI=1S/C52H34N2O/c1-3-13-35(14-4-1)36-25-29-41(30-26-36)53(48-22-12-24-50-51(48)46-20-8-10-23-49(46)55-50)42-18-11-15-37(34-42)38-27-31-43-39(33-38)28-32-45-44-19-7-9-21-47(44)54(52(43)45)40-16-5-2-6-17-40/h1-34H. The molecule has 0 amide bonds. The lowest BCUT2D eigenvalue weighted by atomic mass is 9.98. The Balaban J connectivity index is 1.08. The van der Waals surface area contributed by atoms with Gasteiger partial charge in [-0.3, -0.25) is 0 Å². The molecule has 258 valence electrons. The second kappa shape index (κ2) is 12.6. The lowest BCUT2D eigenvalue weighted by Crippen LogP contribution is -2.10. The highest BCUT2D eigenvalue weighted by molar-refractivity contribution is 6.19. The van der Waals surface area contributed by atoms with Crippen LogP contribution in [0.1, 0.15) is 0 Å². The summed E-state index contributed by atoms with van der Waals surface area (Å²) < 4.78 is 8.79. The molecule has 3 nitrogen and oxygen atoms in total. The normalized spacial score (nSPS) is 11.6. The number of aromatic nitrogens is 1. The van der Waals surface area contributed by atoms with E-state index in [-0.39, 0.29) is 0 Å². The van der Waals surface area contributed by atoms with Gasteiger partial charge in [0.25, 0.3) is 0 Å². The van der Waals surface area contributed by atoms with Crippen molar-refractivity contribution < 1.29 is 4.42 Å². The summed E-state index contributed by atoms with van der Waals surface area (Å²) in [5.74, 6) is 0. The first-order chi connectivity index (χ1) is 27.3. The molecule has 0 aliphatic heterocycles. The second-order valence-electron chi connectivity index (χ2n) is 14.1. The van der Waals surface area contributed by atoms with Gasteiger partial charge in [0.2, 0.25) is 0 Å². The van der Waals surface area contributed by atoms with Gasteiger partial charge in [-0.1, -0.05) is 140 Å². The SMILES string of the molecule is c1ccc(-c2ccc(N(c3cccc(-c4ccc5c(ccc6c7ccccc7n(-c7ccccc7)c56)c4)c3)c3cccc4oc5ccccc5c34)cc2)cc1. The third kappa shape index (κ3) is 5.13. The zero-order valence-electron chi connectivity index (χ0n) is 29.9. The predicted octanol–water partition coefficient (Wildman–Crippen LogP) is 14.6. The van der Waals surface area contributed by atoms with Crippen molar-refractivity contribution in [3.05, 3.63) is 206 Å². The van der Waals surface area contributed by atoms with Crippen LogP contribution in [0.4, 0.5) is 17.1 Å². The molecule has 0 aliphatic rings. The van der Waals surface area contributed by atoms with E-state index >= 15 is 0 Å². The van der Waals surface area contributed by atoms with Crippen molar-refractivity contribution in [1.82, 2.24) is 4.57 Å². The van der Waals surface area contributed by atoms with Crippen LogP contribution in [0.2, 0.25) is 0 Å². The molecule has 3 heteroatoms. The maximum Gasteiger partial charge on any atom is 0.137 e. The van der Waals surface area contributed by atoms with E-state index in [0.29, 0.717) is 0 Å². The number of anilines is 3. The molecule has 11 aromatic rings. The van der Waals surface area contributed by atoms with Gasteiger partial charge >= 0.3 is 0 Å². The molecular weight excluding hydrogens is 669 g/mol. The molecule has 2 aromatic heterocycles. The van der Waals surface area contributed by atoms with Crippen LogP contribution in [-0.4, -0.2) is 4.57 Å². The Morgan fingerprint density at radius 1 is 0.382 bits per heavy atom. The van der Waals surface area contributed by atoms with Crippen LogP contribution in [-0.2, 0) is 0 Å². The summed E-state index contributed by atoms with van der Waals surface area (Å²) in [5.41, 5.74) is 13.3. The van der Waals surface area contributed by atoms with Crippen LogP contribution in [0.15, 0.2) is 211 Å². The van der Waals surface area contributed by atoms with Crippen LogP contribution >= 0.6 is 0 Å². The molecule has 9 aromatic carbocycles. The van der Waals surface area contributed by atoms with Crippen molar-refractivity contribution in [2.24, 2.45) is 0 Å². The van der Waals surface area contributed by atoms with Crippen molar-refractivity contribution >= 4 is 71.6 Å². The summed E-state index contributed by atoms with van der Waals surface area (Å²) in [4.78, 5) is 2.37. The van der Waals surface area contributed by atoms with Gasteiger partial charge in [-0.2, -0.15) is 0 Å². The lowest BCUT2D eigenvalue weighted by Gasteiger charge is -2.27. The molecular formula is C52H34N2O. The summed E-state index contributed by atoms with van der Waals surface area (Å²) in [6, 6.07) is 73.9. The summed E-state index contributed by atoms with van der Waals surface area (Å²) >= 11 is 0. The van der Waals surface area contributed by atoms with Gasteiger partial charge in [0.05, 0.1) is 22.1 Å². The summed E-state index contributed by atoms with van der Waals surface area (Å²) in [6.07, 6.45) is 0. The van der Waals surface area contributed by atoms with E-state index < -0.39 is 0 Å². The van der Waals surface area contributed by atoms with Gasteiger partial charge in [0, 0.05) is 38.6 Å². The molecule has 0 saturated carbocycles. The first-order valence-electron chi connectivity index (χ1n) is 18.8. The summed E-state index contributed by atoms with van der Waals surface area (Å²) in [6.45, 7) is 0. The number of nitrogens with zero attached hydrogens (tertiary/aromatic N) is 2. The fourth-order valence-electron chi connectivity index (χ4n) is 8.44. The molecule has 0 radical (unpaired) electrons. The molecule has 0 saturated heterocycles. The molecule has 2 heterocycles. The lowest BCUT2D eigenvalue weighted by molar-refractivity contribution is 0.669. The number of hydrogen-bond acceptors (Lipinski definition) is 2. The van der Waals surface area contributed by atoms with Gasteiger partial charge in [0.15, 0.2) is 0 Å². The first kappa shape index (κ1) is 31.2. The molecule has 0 spiro atoms. The highest BCUT2D eigenvalue weighted by atomic mass is 16.3. The van der Waals surface area contributed by atoms with Gasteiger partial charge in [-0.25, -0.2) is 0 Å². The van der Waals surface area contributed by atoms with E-state index in [0.717, 1.165) is 50.3 Å². The maximum atomic E-state index is 6.38. The highest BCUT2D eigenvalue weighted by Gasteiger charge is 2.20. The number of hydrogen-bond donors (Lipinski definition) is 0. The minimum Gasteiger partial charge on any atom is -0.456 e. The first-order valence-corrected chi connectivity index (χ1v) is 18.8. The number of para-hydroxylation sites is 3.